The third kappa shape index (κ3) is 6.02. The Balaban J connectivity index is 0.00000264. The highest BCUT2D eigenvalue weighted by atomic mass is 127. The van der Waals surface area contributed by atoms with Crippen LogP contribution in [0.2, 0.25) is 5.02 Å². The van der Waals surface area contributed by atoms with Gasteiger partial charge in [0.15, 0.2) is 5.96 Å². The van der Waals surface area contributed by atoms with Crippen LogP contribution < -0.4 is 10.6 Å². The Morgan fingerprint density at radius 2 is 2.09 bits per heavy atom. The zero-order valence-electron chi connectivity index (χ0n) is 13.5. The smallest absolute Gasteiger partial charge is 0.191 e. The van der Waals surface area contributed by atoms with E-state index >= 15 is 0 Å². The van der Waals surface area contributed by atoms with Gasteiger partial charge >= 0.3 is 0 Å². The van der Waals surface area contributed by atoms with E-state index in [0.717, 1.165) is 46.5 Å². The molecule has 0 saturated heterocycles. The summed E-state index contributed by atoms with van der Waals surface area (Å²) in [6.07, 6.45) is 0.846. The average Bonchev–Trinajstić information content (AvgIpc) is 2.82. The standard InChI is InChI=1S/C16H21ClN4O.HI/c1-11-15(12(2)22-21-11)7-8-19-16(18-3)20-10-13-5-4-6-14(17)9-13;/h4-6,9H,7-8,10H2,1-3H3,(H2,18,19,20);1H. The first-order valence-electron chi connectivity index (χ1n) is 7.21. The zero-order chi connectivity index (χ0) is 15.9. The van der Waals surface area contributed by atoms with Gasteiger partial charge in [0.1, 0.15) is 5.76 Å². The Labute approximate surface area is 158 Å². The van der Waals surface area contributed by atoms with Gasteiger partial charge < -0.3 is 15.2 Å². The van der Waals surface area contributed by atoms with E-state index in [9.17, 15) is 0 Å². The fourth-order valence-electron chi connectivity index (χ4n) is 2.22. The normalized spacial score (nSPS) is 11.0. The van der Waals surface area contributed by atoms with Crippen molar-refractivity contribution in [3.8, 4) is 0 Å². The molecule has 0 saturated carbocycles. The number of benzene rings is 1. The predicted octanol–water partition coefficient (Wildman–Crippen LogP) is 3.47. The van der Waals surface area contributed by atoms with E-state index in [1.807, 2.05) is 38.1 Å². The van der Waals surface area contributed by atoms with Crippen molar-refractivity contribution in [2.45, 2.75) is 26.8 Å². The van der Waals surface area contributed by atoms with Gasteiger partial charge in [0.25, 0.3) is 0 Å². The minimum Gasteiger partial charge on any atom is -0.361 e. The van der Waals surface area contributed by atoms with Gasteiger partial charge in [-0.05, 0) is 38.0 Å². The fourth-order valence-corrected chi connectivity index (χ4v) is 2.43. The minimum atomic E-state index is 0. The van der Waals surface area contributed by atoms with E-state index < -0.39 is 0 Å². The van der Waals surface area contributed by atoms with Crippen LogP contribution in [0.4, 0.5) is 0 Å². The van der Waals surface area contributed by atoms with Gasteiger partial charge in [-0.1, -0.05) is 28.9 Å². The molecule has 0 amide bonds. The predicted molar refractivity (Wildman–Crippen MR) is 105 cm³/mol. The van der Waals surface area contributed by atoms with Crippen molar-refractivity contribution in [3.63, 3.8) is 0 Å². The number of guanidine groups is 1. The summed E-state index contributed by atoms with van der Waals surface area (Å²) in [6.45, 7) is 5.32. The SMILES string of the molecule is CN=C(NCCc1c(C)noc1C)NCc1cccc(Cl)c1.I. The Morgan fingerprint density at radius 1 is 1.30 bits per heavy atom. The molecule has 7 heteroatoms. The van der Waals surface area contributed by atoms with Crippen LogP contribution in [0.1, 0.15) is 22.6 Å². The first-order valence-corrected chi connectivity index (χ1v) is 7.58. The van der Waals surface area contributed by atoms with Crippen LogP contribution in [0.25, 0.3) is 0 Å². The van der Waals surface area contributed by atoms with Gasteiger partial charge in [-0.15, -0.1) is 24.0 Å². The molecule has 126 valence electrons. The van der Waals surface area contributed by atoms with E-state index in [0.29, 0.717) is 6.54 Å². The number of hydrogen-bond acceptors (Lipinski definition) is 3. The van der Waals surface area contributed by atoms with E-state index in [4.69, 9.17) is 16.1 Å². The van der Waals surface area contributed by atoms with Crippen molar-refractivity contribution in [3.05, 3.63) is 51.9 Å². The summed E-state index contributed by atoms with van der Waals surface area (Å²) in [7, 11) is 1.75. The van der Waals surface area contributed by atoms with Crippen molar-refractivity contribution in [1.82, 2.24) is 15.8 Å². The molecule has 1 aromatic carbocycles. The van der Waals surface area contributed by atoms with E-state index in [1.165, 1.54) is 0 Å². The quantitative estimate of drug-likeness (QED) is 0.418. The molecule has 0 atom stereocenters. The van der Waals surface area contributed by atoms with Crippen molar-refractivity contribution in [1.29, 1.82) is 0 Å². The summed E-state index contributed by atoms with van der Waals surface area (Å²) in [5, 5.41) is 11.2. The molecule has 23 heavy (non-hydrogen) atoms. The van der Waals surface area contributed by atoms with Crippen molar-refractivity contribution in [2.75, 3.05) is 13.6 Å². The van der Waals surface area contributed by atoms with E-state index in [1.54, 1.807) is 7.05 Å². The second-order valence-corrected chi connectivity index (χ2v) is 5.47. The number of nitrogens with one attached hydrogen (secondary N) is 2. The Hall–Kier alpha value is -1.28. The molecular formula is C16H22ClIN4O. The summed E-state index contributed by atoms with van der Waals surface area (Å²) >= 11 is 5.98. The monoisotopic (exact) mass is 448 g/mol. The molecule has 2 rings (SSSR count). The second kappa shape index (κ2) is 9.77. The molecule has 2 N–H and O–H groups in total. The number of aromatic nitrogens is 1. The van der Waals surface area contributed by atoms with Crippen LogP contribution in [0.15, 0.2) is 33.8 Å². The van der Waals surface area contributed by atoms with Gasteiger partial charge in [0.2, 0.25) is 0 Å². The third-order valence-electron chi connectivity index (χ3n) is 3.42. The molecule has 2 aromatic rings. The molecule has 1 aromatic heterocycles. The highest BCUT2D eigenvalue weighted by Gasteiger charge is 2.08. The Morgan fingerprint density at radius 3 is 2.70 bits per heavy atom. The van der Waals surface area contributed by atoms with Gasteiger partial charge in [-0.3, -0.25) is 4.99 Å². The molecule has 0 aliphatic rings. The minimum absolute atomic E-state index is 0. The lowest BCUT2D eigenvalue weighted by Crippen LogP contribution is -2.37. The molecule has 0 fully saturated rings. The highest BCUT2D eigenvalue weighted by Crippen LogP contribution is 2.12. The lowest BCUT2D eigenvalue weighted by Gasteiger charge is -2.12. The maximum absolute atomic E-state index is 5.98. The first kappa shape index (κ1) is 19.8. The van der Waals surface area contributed by atoms with Crippen LogP contribution in [0, 0.1) is 13.8 Å². The van der Waals surface area contributed by atoms with Crippen molar-refractivity contribution in [2.24, 2.45) is 4.99 Å². The van der Waals surface area contributed by atoms with Gasteiger partial charge in [-0.25, -0.2) is 0 Å². The maximum atomic E-state index is 5.98. The molecule has 1 heterocycles. The van der Waals surface area contributed by atoms with Crippen LogP contribution in [0.5, 0.6) is 0 Å². The molecule has 0 bridgehead atoms. The topological polar surface area (TPSA) is 62.5 Å². The molecule has 0 radical (unpaired) electrons. The van der Waals surface area contributed by atoms with Crippen LogP contribution in [-0.2, 0) is 13.0 Å². The number of nitrogens with zero attached hydrogens (tertiary/aromatic N) is 2. The largest absolute Gasteiger partial charge is 0.361 e. The van der Waals surface area contributed by atoms with Crippen LogP contribution in [-0.4, -0.2) is 24.7 Å². The summed E-state index contributed by atoms with van der Waals surface area (Å²) in [5.74, 6) is 1.63. The van der Waals surface area contributed by atoms with Crippen molar-refractivity contribution >= 4 is 41.5 Å². The van der Waals surface area contributed by atoms with Crippen molar-refractivity contribution < 1.29 is 4.52 Å². The number of rotatable bonds is 5. The second-order valence-electron chi connectivity index (χ2n) is 5.04. The van der Waals surface area contributed by atoms with E-state index in [2.05, 4.69) is 20.8 Å². The number of aliphatic imine (C=N–C) groups is 1. The number of aryl methyl sites for hydroxylation is 2. The molecule has 0 aliphatic heterocycles. The summed E-state index contributed by atoms with van der Waals surface area (Å²) in [4.78, 5) is 4.21. The molecule has 5 nitrogen and oxygen atoms in total. The Kier molecular flexibility index (Phi) is 8.40. The number of halogens is 2. The molecule has 0 unspecified atom stereocenters. The van der Waals surface area contributed by atoms with Gasteiger partial charge in [0, 0.05) is 30.7 Å². The third-order valence-corrected chi connectivity index (χ3v) is 3.66. The highest BCUT2D eigenvalue weighted by molar-refractivity contribution is 14.0. The zero-order valence-corrected chi connectivity index (χ0v) is 16.6. The van der Waals surface area contributed by atoms with Crippen LogP contribution >= 0.6 is 35.6 Å². The lowest BCUT2D eigenvalue weighted by molar-refractivity contribution is 0.392. The number of hydrogen-bond donors (Lipinski definition) is 2. The van der Waals surface area contributed by atoms with Gasteiger partial charge in [-0.2, -0.15) is 0 Å². The van der Waals surface area contributed by atoms with Gasteiger partial charge in [0.05, 0.1) is 5.69 Å². The van der Waals surface area contributed by atoms with Crippen LogP contribution in [0.3, 0.4) is 0 Å². The van der Waals surface area contributed by atoms with E-state index in [-0.39, 0.29) is 24.0 Å². The molecule has 0 aliphatic carbocycles. The summed E-state index contributed by atoms with van der Waals surface area (Å²) in [6, 6.07) is 7.76. The fraction of sp³-hybridized carbons (Fsp3) is 0.375. The first-order chi connectivity index (χ1) is 10.6. The molecular weight excluding hydrogens is 427 g/mol. The maximum Gasteiger partial charge on any atom is 0.191 e. The molecule has 0 spiro atoms. The summed E-state index contributed by atoms with van der Waals surface area (Å²) in [5.41, 5.74) is 3.21. The lowest BCUT2D eigenvalue weighted by atomic mass is 10.1. The summed E-state index contributed by atoms with van der Waals surface area (Å²) < 4.78 is 5.16. The average molecular weight is 449 g/mol. The Bertz CT molecular complexity index is 638.